The number of ether oxygens (including phenoxy) is 2. The molecule has 2 atom stereocenters. The van der Waals surface area contributed by atoms with Crippen LogP contribution in [-0.2, 0) is 27.9 Å². The number of rotatable bonds is 33. The normalized spacial score (nSPS) is 17.4. The van der Waals surface area contributed by atoms with E-state index in [2.05, 4.69) is 78.8 Å². The molecule has 0 aliphatic carbocycles. The number of carbonyl (C=O) groups is 1. The van der Waals surface area contributed by atoms with E-state index in [1.54, 1.807) is 6.26 Å². The minimum Gasteiger partial charge on any atom is -0.498 e. The molecular formula is C43H74NO6P. The van der Waals surface area contributed by atoms with E-state index in [0.717, 1.165) is 44.9 Å². The molecule has 1 saturated heterocycles. The summed E-state index contributed by atoms with van der Waals surface area (Å²) in [5.74, 6) is -0.342. The summed E-state index contributed by atoms with van der Waals surface area (Å²) in [5, 5.41) is 2.75. The second kappa shape index (κ2) is 37.3. The summed E-state index contributed by atoms with van der Waals surface area (Å²) in [6.45, 7) is 5.15. The topological polar surface area (TPSA) is 83.1 Å². The van der Waals surface area contributed by atoms with Gasteiger partial charge in [-0.05, 0) is 64.4 Å². The molecule has 0 aromatic rings. The number of esters is 1. The molecule has 2 unspecified atom stereocenters. The van der Waals surface area contributed by atoms with Crippen molar-refractivity contribution in [2.75, 3.05) is 26.4 Å². The SMILES string of the molecule is C.C/C=C\C/C=C\C/C=C\C/C=C\C/C=C\C/C=C\CCC(=O)OC(CO/C=C\CCCCCCCCCCCCCC)COP1(=O)NCCO1. The van der Waals surface area contributed by atoms with Crippen LogP contribution in [0.3, 0.4) is 0 Å². The molecule has 0 aromatic carbocycles. The van der Waals surface area contributed by atoms with E-state index >= 15 is 0 Å². The highest BCUT2D eigenvalue weighted by Gasteiger charge is 2.31. The predicted octanol–water partition coefficient (Wildman–Crippen LogP) is 13.0. The molecule has 292 valence electrons. The Bertz CT molecular complexity index is 1050. The summed E-state index contributed by atoms with van der Waals surface area (Å²) < 4.78 is 34.5. The molecule has 1 heterocycles. The van der Waals surface area contributed by atoms with Crippen molar-refractivity contribution in [3.8, 4) is 0 Å². The summed E-state index contributed by atoms with van der Waals surface area (Å²) in [5.41, 5.74) is 0. The van der Waals surface area contributed by atoms with Gasteiger partial charge in [0.2, 0.25) is 0 Å². The Morgan fingerprint density at radius 1 is 0.686 bits per heavy atom. The Morgan fingerprint density at radius 3 is 1.71 bits per heavy atom. The van der Waals surface area contributed by atoms with E-state index in [9.17, 15) is 9.36 Å². The fraction of sp³-hybridized carbons (Fsp3) is 0.651. The van der Waals surface area contributed by atoms with Crippen LogP contribution in [-0.4, -0.2) is 38.4 Å². The molecule has 0 spiro atoms. The molecule has 1 aliphatic heterocycles. The molecule has 0 aromatic heterocycles. The lowest BCUT2D eigenvalue weighted by molar-refractivity contribution is -0.153. The minimum absolute atomic E-state index is 0. The number of hydrogen-bond donors (Lipinski definition) is 1. The van der Waals surface area contributed by atoms with Crippen LogP contribution < -0.4 is 5.09 Å². The highest BCUT2D eigenvalue weighted by atomic mass is 31.2. The number of nitrogens with one attached hydrogen (secondary N) is 1. The van der Waals surface area contributed by atoms with E-state index in [1.807, 2.05) is 19.1 Å². The summed E-state index contributed by atoms with van der Waals surface area (Å²) in [6.07, 6.45) is 51.1. The van der Waals surface area contributed by atoms with Crippen LogP contribution in [0.25, 0.3) is 0 Å². The van der Waals surface area contributed by atoms with Crippen LogP contribution in [0.2, 0.25) is 0 Å². The van der Waals surface area contributed by atoms with Crippen LogP contribution in [0.5, 0.6) is 0 Å². The fourth-order valence-electron chi connectivity index (χ4n) is 5.14. The van der Waals surface area contributed by atoms with Gasteiger partial charge in [-0.2, -0.15) is 0 Å². The maximum atomic E-state index is 12.5. The first-order valence-electron chi connectivity index (χ1n) is 19.6. The van der Waals surface area contributed by atoms with Crippen molar-refractivity contribution in [1.29, 1.82) is 0 Å². The van der Waals surface area contributed by atoms with E-state index < -0.39 is 13.9 Å². The van der Waals surface area contributed by atoms with Gasteiger partial charge in [-0.3, -0.25) is 13.8 Å². The second-order valence-electron chi connectivity index (χ2n) is 12.7. The van der Waals surface area contributed by atoms with Gasteiger partial charge in [0.05, 0.1) is 19.5 Å². The summed E-state index contributed by atoms with van der Waals surface area (Å²) in [6, 6.07) is 0. The third kappa shape index (κ3) is 33.2. The predicted molar refractivity (Wildman–Crippen MR) is 218 cm³/mol. The van der Waals surface area contributed by atoms with Gasteiger partial charge in [-0.15, -0.1) is 0 Å². The standard InChI is InChI=1S/C42H70NO6P.CH4/c1-3-5-7-9-11-13-15-17-19-20-21-22-23-25-27-29-31-33-35-42(44)49-41(40-48-50(45)43-36-38-47-50)39-46-37-34-32-30-28-26-24-18-16-14-12-10-8-6-4-2;/h3,5,9,11,15,17,20-21,23,25,29,31,34,37,41H,4,6-8,10,12-14,16,18-19,22,24,26-28,30,32-33,35-36,38-40H2,1-2H3,(H,43,45);1H4/b5-3-,11-9-,17-15-,21-20-,25-23-,31-29-,37-34-;. The molecule has 51 heavy (non-hydrogen) atoms. The largest absolute Gasteiger partial charge is 0.498 e. The van der Waals surface area contributed by atoms with Crippen LogP contribution in [0.15, 0.2) is 85.3 Å². The lowest BCUT2D eigenvalue weighted by Crippen LogP contribution is -2.28. The Morgan fingerprint density at radius 2 is 1.20 bits per heavy atom. The van der Waals surface area contributed by atoms with Gasteiger partial charge in [0.15, 0.2) is 6.10 Å². The lowest BCUT2D eigenvalue weighted by atomic mass is 10.0. The average molecular weight is 732 g/mol. The molecule has 0 bridgehead atoms. The number of hydrogen-bond acceptors (Lipinski definition) is 6. The molecule has 0 amide bonds. The quantitative estimate of drug-likeness (QED) is 0.0236. The Kier molecular flexibility index (Phi) is 35.5. The Balaban J connectivity index is 0.0000250. The first-order valence-corrected chi connectivity index (χ1v) is 21.1. The van der Waals surface area contributed by atoms with E-state index in [-0.39, 0.29) is 33.0 Å². The van der Waals surface area contributed by atoms with Crippen LogP contribution in [0.4, 0.5) is 0 Å². The van der Waals surface area contributed by atoms with Crippen molar-refractivity contribution in [2.24, 2.45) is 0 Å². The molecule has 0 radical (unpaired) electrons. The van der Waals surface area contributed by atoms with Gasteiger partial charge < -0.3 is 9.47 Å². The molecular weight excluding hydrogens is 657 g/mol. The van der Waals surface area contributed by atoms with Gasteiger partial charge in [-0.25, -0.2) is 9.65 Å². The minimum atomic E-state index is -3.34. The van der Waals surface area contributed by atoms with E-state index in [1.165, 1.54) is 70.6 Å². The smallest absolute Gasteiger partial charge is 0.405 e. The Labute approximate surface area is 313 Å². The van der Waals surface area contributed by atoms with Crippen molar-refractivity contribution in [1.82, 2.24) is 5.09 Å². The fourth-order valence-corrected chi connectivity index (χ4v) is 6.45. The first kappa shape index (κ1) is 48.6. The van der Waals surface area contributed by atoms with E-state index in [4.69, 9.17) is 18.5 Å². The maximum absolute atomic E-state index is 12.5. The third-order valence-corrected chi connectivity index (χ3v) is 9.66. The van der Waals surface area contributed by atoms with Crippen molar-refractivity contribution in [2.45, 2.75) is 156 Å². The van der Waals surface area contributed by atoms with Crippen molar-refractivity contribution < 1.29 is 27.9 Å². The molecule has 7 nitrogen and oxygen atoms in total. The maximum Gasteiger partial charge on any atom is 0.405 e. The van der Waals surface area contributed by atoms with Gasteiger partial charge in [-0.1, -0.05) is 158 Å². The van der Waals surface area contributed by atoms with E-state index in [0.29, 0.717) is 19.6 Å². The molecule has 0 saturated carbocycles. The molecule has 8 heteroatoms. The lowest BCUT2D eigenvalue weighted by Gasteiger charge is -2.19. The molecule has 1 aliphatic rings. The van der Waals surface area contributed by atoms with Gasteiger partial charge in [0, 0.05) is 13.0 Å². The zero-order valence-electron chi connectivity index (χ0n) is 31.5. The first-order chi connectivity index (χ1) is 24.6. The average Bonchev–Trinajstić information content (AvgIpc) is 3.56. The summed E-state index contributed by atoms with van der Waals surface area (Å²) in [7, 11) is -3.34. The molecule has 1 rings (SSSR count). The van der Waals surface area contributed by atoms with Gasteiger partial charge in [0.1, 0.15) is 6.61 Å². The number of carbonyl (C=O) groups excluding carboxylic acids is 1. The van der Waals surface area contributed by atoms with Crippen molar-refractivity contribution in [3.63, 3.8) is 0 Å². The number of unbranched alkanes of at least 4 members (excludes halogenated alkanes) is 12. The second-order valence-corrected chi connectivity index (χ2v) is 14.5. The summed E-state index contributed by atoms with van der Waals surface area (Å²) in [4.78, 5) is 12.5. The van der Waals surface area contributed by atoms with Gasteiger partial charge >= 0.3 is 13.7 Å². The number of allylic oxidation sites excluding steroid dienone is 13. The van der Waals surface area contributed by atoms with Crippen molar-refractivity contribution in [3.05, 3.63) is 85.3 Å². The van der Waals surface area contributed by atoms with Gasteiger partial charge in [0.25, 0.3) is 0 Å². The monoisotopic (exact) mass is 732 g/mol. The third-order valence-electron chi connectivity index (χ3n) is 8.04. The molecule has 1 N–H and O–H groups in total. The highest BCUT2D eigenvalue weighted by Crippen LogP contribution is 2.46. The van der Waals surface area contributed by atoms with Crippen LogP contribution in [0, 0.1) is 0 Å². The zero-order chi connectivity index (χ0) is 36.1. The highest BCUT2D eigenvalue weighted by molar-refractivity contribution is 7.51. The molecule has 1 fully saturated rings. The summed E-state index contributed by atoms with van der Waals surface area (Å²) >= 11 is 0. The van der Waals surface area contributed by atoms with Crippen LogP contribution in [0.1, 0.15) is 150 Å². The zero-order valence-corrected chi connectivity index (χ0v) is 32.4. The van der Waals surface area contributed by atoms with Crippen LogP contribution >= 0.6 is 7.75 Å². The van der Waals surface area contributed by atoms with Crippen molar-refractivity contribution >= 4 is 13.7 Å². The Hall–Kier alpha value is -2.44.